The van der Waals surface area contributed by atoms with Crippen molar-refractivity contribution in [3.63, 3.8) is 0 Å². The molecule has 0 bridgehead atoms. The lowest BCUT2D eigenvalue weighted by molar-refractivity contribution is -0.895. The van der Waals surface area contributed by atoms with E-state index in [9.17, 15) is 10.0 Å². The second-order valence-electron chi connectivity index (χ2n) is 10.8. The highest BCUT2D eigenvalue weighted by molar-refractivity contribution is 6.28. The van der Waals surface area contributed by atoms with Gasteiger partial charge in [0.05, 0.1) is 7.32 Å². The van der Waals surface area contributed by atoms with Gasteiger partial charge in [-0.1, -0.05) is 105 Å². The van der Waals surface area contributed by atoms with Crippen molar-refractivity contribution >= 4 is 7.32 Å². The molecular formula is C40H49BN2O5. The van der Waals surface area contributed by atoms with Gasteiger partial charge in [0.15, 0.2) is 13.2 Å². The number of hydrogen-bond donors (Lipinski definition) is 0. The molecule has 7 nitrogen and oxygen atoms in total. The molecule has 252 valence electrons. The van der Waals surface area contributed by atoms with E-state index < -0.39 is 7.32 Å². The van der Waals surface area contributed by atoms with Crippen LogP contribution in [0.2, 0.25) is 0 Å². The molecule has 0 aliphatic heterocycles. The normalized spacial score (nSPS) is 10.5. The fourth-order valence-electron chi connectivity index (χ4n) is 5.62. The zero-order valence-electron chi connectivity index (χ0n) is 28.7. The molecule has 0 fully saturated rings. The topological polar surface area (TPSA) is 81.6 Å². The van der Waals surface area contributed by atoms with E-state index >= 15 is 0 Å². The number of rotatable bonds is 14. The maximum absolute atomic E-state index is 10.7. The molecule has 0 amide bonds. The van der Waals surface area contributed by atoms with Crippen molar-refractivity contribution in [2.24, 2.45) is 0 Å². The van der Waals surface area contributed by atoms with Crippen molar-refractivity contribution in [2.75, 3.05) is 19.8 Å². The molecule has 5 aromatic rings. The molecule has 0 atom stereocenters. The van der Waals surface area contributed by atoms with Crippen LogP contribution >= 0.6 is 0 Å². The summed E-state index contributed by atoms with van der Waals surface area (Å²) >= 11 is 0. The monoisotopic (exact) mass is 648 g/mol. The maximum Gasteiger partial charge on any atom is 0.234 e. The van der Waals surface area contributed by atoms with Gasteiger partial charge in [-0.15, -0.1) is 0 Å². The second kappa shape index (κ2) is 21.4. The minimum Gasteiger partial charge on any atom is -0.871 e. The summed E-state index contributed by atoms with van der Waals surface area (Å²) in [6.45, 7) is 9.78. The zero-order chi connectivity index (χ0) is 34.5. The van der Waals surface area contributed by atoms with E-state index in [1.54, 1.807) is 0 Å². The highest BCUT2D eigenvalue weighted by Crippen LogP contribution is 2.42. The number of benzene rings is 3. The van der Waals surface area contributed by atoms with Crippen LogP contribution in [-0.2, 0) is 22.9 Å². The van der Waals surface area contributed by atoms with E-state index in [-0.39, 0.29) is 12.0 Å². The van der Waals surface area contributed by atoms with Crippen LogP contribution in [-0.4, -0.2) is 27.1 Å². The first kappa shape index (κ1) is 38.0. The summed E-state index contributed by atoms with van der Waals surface area (Å²) in [5.41, 5.74) is 5.58. The Morgan fingerprint density at radius 2 is 0.917 bits per heavy atom. The van der Waals surface area contributed by atoms with E-state index in [4.69, 9.17) is 14.3 Å². The molecule has 3 aromatic carbocycles. The van der Waals surface area contributed by atoms with Crippen molar-refractivity contribution in [1.82, 2.24) is 0 Å². The second-order valence-corrected chi connectivity index (χ2v) is 10.8. The lowest BCUT2D eigenvalue weighted by atomic mass is 9.67. The third kappa shape index (κ3) is 11.3. The largest absolute Gasteiger partial charge is 0.871 e. The van der Waals surface area contributed by atoms with E-state index in [0.29, 0.717) is 19.6 Å². The molecule has 0 radical (unpaired) electrons. The molecule has 48 heavy (non-hydrogen) atoms. The van der Waals surface area contributed by atoms with Gasteiger partial charge in [0.25, 0.3) is 0 Å². The minimum absolute atomic E-state index is 0.159. The van der Waals surface area contributed by atoms with Crippen LogP contribution in [0.5, 0.6) is 0 Å². The van der Waals surface area contributed by atoms with Gasteiger partial charge < -0.3 is 14.7 Å². The molecule has 2 heterocycles. The first-order valence-electron chi connectivity index (χ1n) is 16.9. The Labute approximate surface area is 287 Å². The number of nitrogens with zero attached hydrogens (tertiary/aromatic N) is 2. The van der Waals surface area contributed by atoms with Gasteiger partial charge >= 0.3 is 0 Å². The third-order valence-electron chi connectivity index (χ3n) is 7.82. The lowest BCUT2D eigenvalue weighted by Crippen LogP contribution is -2.48. The summed E-state index contributed by atoms with van der Waals surface area (Å²) in [6, 6.07) is 43.1. The number of hydrogen-bond acceptors (Lipinski definition) is 5. The van der Waals surface area contributed by atoms with Crippen molar-refractivity contribution in [3.8, 4) is 0 Å². The smallest absolute Gasteiger partial charge is 0.234 e. The van der Waals surface area contributed by atoms with Crippen LogP contribution in [0, 0.1) is 0 Å². The fraction of sp³-hybridized carbons (Fsp3) is 0.300. The van der Waals surface area contributed by atoms with Gasteiger partial charge in [-0.25, -0.2) is 0 Å². The number of aromatic nitrogens is 2. The average molecular weight is 649 g/mol. The Bertz CT molecular complexity index is 1410. The summed E-state index contributed by atoms with van der Waals surface area (Å²) < 4.78 is 8.37. The van der Waals surface area contributed by atoms with Crippen LogP contribution in [0.1, 0.15) is 68.6 Å². The first-order valence-corrected chi connectivity index (χ1v) is 16.9. The molecule has 0 saturated heterocycles. The molecular weight excluding hydrogens is 599 g/mol. The summed E-state index contributed by atoms with van der Waals surface area (Å²) in [5, 5.41) is 21.4. The van der Waals surface area contributed by atoms with Crippen molar-refractivity contribution in [2.45, 2.75) is 58.8 Å². The summed E-state index contributed by atoms with van der Waals surface area (Å²) in [4.78, 5) is 10.7. The molecule has 0 N–H and O–H groups in total. The van der Waals surface area contributed by atoms with E-state index in [0.717, 1.165) is 19.3 Å². The molecule has 0 unspecified atom stereocenters. The third-order valence-corrected chi connectivity index (χ3v) is 7.82. The molecule has 5 rings (SSSR count). The Kier molecular flexibility index (Phi) is 16.9. The standard InChI is InChI=1S/C22H21BO3.2C9H14NO/c24-23(25)26-18-10-17-22(19-11-4-1-5-12-19,20-13-6-2-7-14-20)21-15-8-3-9-16-21;2*1-3-9-7-5-6-8-10(9)11-4-2/h1-9,11-16H,10,17-18H2;2*5-8H,3-4H2,1-2H3/q-2;2*+1. The van der Waals surface area contributed by atoms with Crippen molar-refractivity contribution in [3.05, 3.63) is 168 Å². The predicted molar refractivity (Wildman–Crippen MR) is 186 cm³/mol. The van der Waals surface area contributed by atoms with Crippen LogP contribution < -0.4 is 29.2 Å². The lowest BCUT2D eigenvalue weighted by Gasteiger charge is -2.37. The zero-order valence-corrected chi connectivity index (χ0v) is 28.7. The van der Waals surface area contributed by atoms with Crippen LogP contribution in [0.25, 0.3) is 0 Å². The molecule has 0 spiro atoms. The van der Waals surface area contributed by atoms with Gasteiger partial charge in [-0.3, -0.25) is 9.68 Å². The van der Waals surface area contributed by atoms with Crippen molar-refractivity contribution in [1.29, 1.82) is 0 Å². The minimum atomic E-state index is -2.23. The summed E-state index contributed by atoms with van der Waals surface area (Å²) in [7, 11) is -2.23. The highest BCUT2D eigenvalue weighted by Gasteiger charge is 2.35. The summed E-state index contributed by atoms with van der Waals surface area (Å²) in [6.07, 6.45) is 7.21. The Morgan fingerprint density at radius 1 is 0.542 bits per heavy atom. The number of pyridine rings is 2. The number of aryl methyl sites for hydroxylation is 2. The van der Waals surface area contributed by atoms with Crippen LogP contribution in [0.3, 0.4) is 0 Å². The highest BCUT2D eigenvalue weighted by atomic mass is 16.7. The average Bonchev–Trinajstić information content (AvgIpc) is 3.14. The first-order chi connectivity index (χ1) is 23.5. The van der Waals surface area contributed by atoms with Gasteiger partial charge in [-0.05, 0) is 55.5 Å². The maximum atomic E-state index is 10.7. The van der Waals surface area contributed by atoms with Gasteiger partial charge in [-0.2, -0.15) is 0 Å². The molecule has 0 aliphatic carbocycles. The van der Waals surface area contributed by atoms with Gasteiger partial charge in [0, 0.05) is 58.6 Å². The molecule has 2 aromatic heterocycles. The Hall–Kier alpha value is -4.50. The summed E-state index contributed by atoms with van der Waals surface area (Å²) in [5.74, 6) is 0. The van der Waals surface area contributed by atoms with Gasteiger partial charge in [0.2, 0.25) is 23.8 Å². The van der Waals surface area contributed by atoms with Gasteiger partial charge in [0.1, 0.15) is 0 Å². The Morgan fingerprint density at radius 3 is 1.25 bits per heavy atom. The SMILES string of the molecule is CCO[n+]1ccccc1CC.CCO[n+]1ccccc1CC.[O-]B([O-])OCCCC(c1ccccc1)(c1ccccc1)c1ccccc1. The van der Waals surface area contributed by atoms with Crippen molar-refractivity contribution < 1.29 is 33.8 Å². The van der Waals surface area contributed by atoms with E-state index in [1.165, 1.54) is 28.1 Å². The van der Waals surface area contributed by atoms with Crippen LogP contribution in [0.4, 0.5) is 0 Å². The molecule has 0 aliphatic rings. The fourth-order valence-corrected chi connectivity index (χ4v) is 5.62. The van der Waals surface area contributed by atoms with Crippen LogP contribution in [0.15, 0.2) is 140 Å². The predicted octanol–water partition coefficient (Wildman–Crippen LogP) is 4.49. The van der Waals surface area contributed by atoms with E-state index in [2.05, 4.69) is 62.4 Å². The Balaban J connectivity index is 0.000000233. The molecule has 8 heteroatoms. The van der Waals surface area contributed by atoms with E-state index in [1.807, 2.05) is 115 Å². The quantitative estimate of drug-likeness (QED) is 0.0768. The molecule has 0 saturated carbocycles.